The average molecular weight is 779 g/mol. The quantitative estimate of drug-likeness (QED) is 0.146. The van der Waals surface area contributed by atoms with Crippen LogP contribution in [0.2, 0.25) is 10.0 Å². The summed E-state index contributed by atoms with van der Waals surface area (Å²) in [6, 6.07) is 28.3. The lowest BCUT2D eigenvalue weighted by atomic mass is 10.0. The van der Waals surface area contributed by atoms with E-state index in [0.717, 1.165) is 13.4 Å². The molecular weight excluding hydrogens is 744 g/mol. The lowest BCUT2D eigenvalue weighted by Gasteiger charge is -2.34. The van der Waals surface area contributed by atoms with Crippen molar-refractivity contribution >= 4 is 73.3 Å². The Bertz CT molecular complexity index is 1710. The van der Waals surface area contributed by atoms with E-state index in [4.69, 9.17) is 23.2 Å². The van der Waals surface area contributed by atoms with Gasteiger partial charge in [-0.1, -0.05) is 91.6 Å². The minimum Gasteiger partial charge on any atom is -0.354 e. The van der Waals surface area contributed by atoms with Crippen molar-refractivity contribution in [1.29, 1.82) is 0 Å². The van der Waals surface area contributed by atoms with Crippen LogP contribution in [0.15, 0.2) is 108 Å². The summed E-state index contributed by atoms with van der Waals surface area (Å²) in [6.07, 6.45) is 0.215. The molecule has 0 aliphatic rings. The summed E-state index contributed by atoms with van der Waals surface area (Å²) in [6.45, 7) is 3.84. The molecule has 0 bridgehead atoms. The van der Waals surface area contributed by atoms with E-state index >= 15 is 0 Å². The number of hydrogen-bond donors (Lipinski definition) is 1. The monoisotopic (exact) mass is 777 g/mol. The van der Waals surface area contributed by atoms with Crippen LogP contribution in [0.3, 0.4) is 0 Å². The number of amides is 2. The third-order valence-corrected chi connectivity index (χ3v) is 10.3. The molecule has 7 nitrogen and oxygen atoms in total. The minimum absolute atomic E-state index is 0.00572. The first-order valence-electron chi connectivity index (χ1n) is 14.3. The molecule has 0 unspecified atom stereocenters. The van der Waals surface area contributed by atoms with Gasteiger partial charge in [0.2, 0.25) is 11.8 Å². The fraction of sp³-hybridized carbons (Fsp3) is 0.235. The Morgan fingerprint density at radius 2 is 1.44 bits per heavy atom. The first-order valence-corrected chi connectivity index (χ1v) is 17.6. The largest absolute Gasteiger partial charge is 0.354 e. The van der Waals surface area contributed by atoms with E-state index in [1.54, 1.807) is 60.7 Å². The van der Waals surface area contributed by atoms with E-state index in [1.807, 2.05) is 44.2 Å². The van der Waals surface area contributed by atoms with Crippen LogP contribution in [-0.2, 0) is 32.6 Å². The molecule has 0 saturated heterocycles. The zero-order valence-electron chi connectivity index (χ0n) is 24.9. The van der Waals surface area contributed by atoms with Gasteiger partial charge in [0.15, 0.2) is 0 Å². The maximum Gasteiger partial charge on any atom is 0.264 e. The van der Waals surface area contributed by atoms with E-state index < -0.39 is 28.5 Å². The van der Waals surface area contributed by atoms with Gasteiger partial charge >= 0.3 is 0 Å². The summed E-state index contributed by atoms with van der Waals surface area (Å²) in [7, 11) is -4.16. The van der Waals surface area contributed by atoms with Gasteiger partial charge in [-0.2, -0.15) is 0 Å². The Labute approximate surface area is 288 Å². The number of anilines is 1. The van der Waals surface area contributed by atoms with Crippen molar-refractivity contribution in [2.75, 3.05) is 17.4 Å². The summed E-state index contributed by atoms with van der Waals surface area (Å²) in [5, 5.41) is 3.64. The highest BCUT2D eigenvalue weighted by Gasteiger charge is 2.34. The number of carbonyl (C=O) groups is 2. The number of rotatable bonds is 13. The van der Waals surface area contributed by atoms with Crippen molar-refractivity contribution in [2.24, 2.45) is 5.92 Å². The summed E-state index contributed by atoms with van der Waals surface area (Å²) >= 11 is 14.6. The van der Waals surface area contributed by atoms with Crippen molar-refractivity contribution in [1.82, 2.24) is 10.2 Å². The molecule has 236 valence electrons. The van der Waals surface area contributed by atoms with Crippen molar-refractivity contribution in [3.63, 3.8) is 0 Å². The molecule has 4 aromatic rings. The topological polar surface area (TPSA) is 86.8 Å². The van der Waals surface area contributed by atoms with E-state index in [0.29, 0.717) is 27.8 Å². The predicted octanol–water partition coefficient (Wildman–Crippen LogP) is 7.21. The Morgan fingerprint density at radius 1 is 0.822 bits per heavy atom. The molecule has 0 saturated carbocycles. The highest BCUT2D eigenvalue weighted by molar-refractivity contribution is 14.1. The van der Waals surface area contributed by atoms with Crippen LogP contribution in [0, 0.1) is 9.49 Å². The van der Waals surface area contributed by atoms with Crippen LogP contribution in [0.5, 0.6) is 0 Å². The fourth-order valence-electron chi connectivity index (χ4n) is 4.67. The lowest BCUT2D eigenvalue weighted by Crippen LogP contribution is -2.53. The molecular formula is C34H34Cl2IN3O4S. The molecule has 1 atom stereocenters. The Balaban J connectivity index is 1.80. The summed E-state index contributed by atoms with van der Waals surface area (Å²) in [4.78, 5) is 29.8. The number of hydrogen-bond acceptors (Lipinski definition) is 4. The predicted molar refractivity (Wildman–Crippen MR) is 189 cm³/mol. The van der Waals surface area contributed by atoms with Crippen molar-refractivity contribution in [2.45, 2.75) is 37.8 Å². The fourth-order valence-corrected chi connectivity index (χ4v) is 6.78. The zero-order chi connectivity index (χ0) is 32.6. The van der Waals surface area contributed by atoms with E-state index in [9.17, 15) is 18.0 Å². The van der Waals surface area contributed by atoms with Crippen LogP contribution >= 0.6 is 45.8 Å². The number of nitrogens with one attached hydrogen (secondary N) is 1. The second-order valence-electron chi connectivity index (χ2n) is 10.9. The van der Waals surface area contributed by atoms with E-state index in [2.05, 4.69) is 27.9 Å². The van der Waals surface area contributed by atoms with Gasteiger partial charge in [0, 0.05) is 23.1 Å². The normalized spacial score (nSPS) is 12.0. The van der Waals surface area contributed by atoms with Gasteiger partial charge in [-0.05, 0) is 88.2 Å². The standard InChI is InChI=1S/C34H34Cl2IN3O4S/c1-24(2)21-38-34(42)32(20-25-9-5-3-6-10-25)39(22-26-13-18-30(35)31(36)19-26)33(41)23-40(28-16-14-27(37)15-17-28)45(43,44)29-11-7-4-8-12-29/h3-19,24,32H,20-23H2,1-2H3,(H,38,42)/t32-/m1/s1. The minimum atomic E-state index is -4.16. The molecule has 2 amide bonds. The first kappa shape index (κ1) is 34.7. The maximum absolute atomic E-state index is 14.5. The van der Waals surface area contributed by atoms with Crippen LogP contribution in [0.1, 0.15) is 25.0 Å². The molecule has 4 aromatic carbocycles. The molecule has 0 fully saturated rings. The number of sulfonamides is 1. The third kappa shape index (κ3) is 9.45. The van der Waals surface area contributed by atoms with Crippen molar-refractivity contribution in [3.05, 3.63) is 128 Å². The van der Waals surface area contributed by atoms with Gasteiger partial charge in [0.05, 0.1) is 20.6 Å². The van der Waals surface area contributed by atoms with E-state index in [1.165, 1.54) is 17.0 Å². The molecule has 0 heterocycles. The Kier molecular flexibility index (Phi) is 12.3. The van der Waals surface area contributed by atoms with Crippen LogP contribution in [0.4, 0.5) is 5.69 Å². The molecule has 45 heavy (non-hydrogen) atoms. The highest BCUT2D eigenvalue weighted by atomic mass is 127. The highest BCUT2D eigenvalue weighted by Crippen LogP contribution is 2.27. The van der Waals surface area contributed by atoms with Gasteiger partial charge in [0.1, 0.15) is 12.6 Å². The summed E-state index contributed by atoms with van der Waals surface area (Å²) < 4.78 is 30.1. The number of benzene rings is 4. The second kappa shape index (κ2) is 15.9. The van der Waals surface area contributed by atoms with E-state index in [-0.39, 0.29) is 29.7 Å². The van der Waals surface area contributed by atoms with Crippen LogP contribution in [0.25, 0.3) is 0 Å². The Hall–Kier alpha value is -3.12. The van der Waals surface area contributed by atoms with Gasteiger partial charge in [0.25, 0.3) is 10.0 Å². The zero-order valence-corrected chi connectivity index (χ0v) is 29.4. The molecule has 4 rings (SSSR count). The number of nitrogens with zero attached hydrogens (tertiary/aromatic N) is 2. The molecule has 1 N–H and O–H groups in total. The smallest absolute Gasteiger partial charge is 0.264 e. The van der Waals surface area contributed by atoms with Gasteiger partial charge in [-0.25, -0.2) is 8.42 Å². The SMILES string of the molecule is CC(C)CNC(=O)[C@@H](Cc1ccccc1)N(Cc1ccc(Cl)c(Cl)c1)C(=O)CN(c1ccc(I)cc1)S(=O)(=O)c1ccccc1. The van der Waals surface area contributed by atoms with Gasteiger partial charge < -0.3 is 10.2 Å². The van der Waals surface area contributed by atoms with Crippen molar-refractivity contribution in [3.8, 4) is 0 Å². The third-order valence-electron chi connectivity index (χ3n) is 7.02. The Morgan fingerprint density at radius 3 is 2.04 bits per heavy atom. The number of halogens is 3. The van der Waals surface area contributed by atoms with Gasteiger partial charge in [-0.15, -0.1) is 0 Å². The second-order valence-corrected chi connectivity index (χ2v) is 14.8. The first-order chi connectivity index (χ1) is 21.5. The molecule has 11 heteroatoms. The molecule has 0 aliphatic heterocycles. The summed E-state index contributed by atoms with van der Waals surface area (Å²) in [5.41, 5.74) is 1.81. The molecule has 0 aromatic heterocycles. The number of carbonyl (C=O) groups excluding carboxylic acids is 2. The average Bonchev–Trinajstić information content (AvgIpc) is 3.03. The molecule has 0 radical (unpaired) electrons. The van der Waals surface area contributed by atoms with Crippen LogP contribution in [-0.4, -0.2) is 44.3 Å². The molecule has 0 spiro atoms. The van der Waals surface area contributed by atoms with Crippen molar-refractivity contribution < 1.29 is 18.0 Å². The lowest BCUT2D eigenvalue weighted by molar-refractivity contribution is -0.140. The summed E-state index contributed by atoms with van der Waals surface area (Å²) in [5.74, 6) is -0.717. The maximum atomic E-state index is 14.5. The van der Waals surface area contributed by atoms with Gasteiger partial charge in [-0.3, -0.25) is 13.9 Å². The van der Waals surface area contributed by atoms with Crippen LogP contribution < -0.4 is 9.62 Å². The molecule has 0 aliphatic carbocycles.